The van der Waals surface area contributed by atoms with E-state index in [9.17, 15) is 24.6 Å². The molecule has 0 aromatic heterocycles. The van der Waals surface area contributed by atoms with Crippen LogP contribution in [0.4, 0.5) is 0 Å². The Hall–Kier alpha value is -1.67. The van der Waals surface area contributed by atoms with E-state index in [1.807, 2.05) is 0 Å². The van der Waals surface area contributed by atoms with Crippen molar-refractivity contribution < 1.29 is 38.8 Å². The zero-order chi connectivity index (χ0) is 14.6. The van der Waals surface area contributed by atoms with Crippen LogP contribution in [-0.4, -0.2) is 59.1 Å². The summed E-state index contributed by atoms with van der Waals surface area (Å²) in [6, 6.07) is 0. The Labute approximate surface area is 109 Å². The lowest BCUT2D eigenvalue weighted by Gasteiger charge is -2.40. The first kappa shape index (κ1) is 15.4. The summed E-state index contributed by atoms with van der Waals surface area (Å²) in [5.74, 6) is -1.29. The van der Waals surface area contributed by atoms with Gasteiger partial charge in [0.2, 0.25) is 0 Å². The molecule has 1 fully saturated rings. The molecule has 1 rings (SSSR count). The van der Waals surface area contributed by atoms with Crippen molar-refractivity contribution in [3.8, 4) is 0 Å². The van der Waals surface area contributed by atoms with E-state index in [2.05, 4.69) is 4.74 Å². The van der Waals surface area contributed by atoms with Gasteiger partial charge in [-0.25, -0.2) is 0 Å². The SMILES string of the molecule is CC(=O)O[C@H]1C[C@@H](OC(C)=O)[C@@H](OC=O)[C@H](O)[C@@H]1O. The molecule has 1 saturated carbocycles. The molecule has 108 valence electrons. The molecule has 0 unspecified atom stereocenters. The maximum atomic E-state index is 11.0. The molecule has 19 heavy (non-hydrogen) atoms. The van der Waals surface area contributed by atoms with E-state index in [1.54, 1.807) is 0 Å². The van der Waals surface area contributed by atoms with E-state index < -0.39 is 42.5 Å². The first-order valence-electron chi connectivity index (χ1n) is 5.66. The number of carbonyl (C=O) groups excluding carboxylic acids is 3. The fraction of sp³-hybridized carbons (Fsp3) is 0.727. The van der Waals surface area contributed by atoms with E-state index >= 15 is 0 Å². The van der Waals surface area contributed by atoms with Crippen LogP contribution in [0.2, 0.25) is 0 Å². The molecule has 1 aliphatic rings. The summed E-state index contributed by atoms with van der Waals surface area (Å²) in [5, 5.41) is 19.6. The minimum Gasteiger partial charge on any atom is -0.460 e. The normalized spacial score (nSPS) is 34.2. The number of hydrogen-bond donors (Lipinski definition) is 2. The van der Waals surface area contributed by atoms with E-state index in [4.69, 9.17) is 9.47 Å². The Morgan fingerprint density at radius 1 is 1.05 bits per heavy atom. The number of carbonyl (C=O) groups is 3. The van der Waals surface area contributed by atoms with Crippen molar-refractivity contribution in [2.45, 2.75) is 50.8 Å². The Balaban J connectivity index is 2.86. The van der Waals surface area contributed by atoms with E-state index in [1.165, 1.54) is 0 Å². The van der Waals surface area contributed by atoms with Crippen molar-refractivity contribution in [2.24, 2.45) is 0 Å². The van der Waals surface area contributed by atoms with Crippen molar-refractivity contribution in [2.75, 3.05) is 0 Å². The Bertz CT molecular complexity index is 355. The van der Waals surface area contributed by atoms with Crippen molar-refractivity contribution in [3.63, 3.8) is 0 Å². The number of ether oxygens (including phenoxy) is 3. The highest BCUT2D eigenvalue weighted by Gasteiger charge is 2.48. The summed E-state index contributed by atoms with van der Waals surface area (Å²) < 4.78 is 14.4. The van der Waals surface area contributed by atoms with Gasteiger partial charge in [0.05, 0.1) is 0 Å². The molecule has 5 atom stereocenters. The van der Waals surface area contributed by atoms with Crippen LogP contribution in [0.1, 0.15) is 20.3 Å². The topological polar surface area (TPSA) is 119 Å². The second-order valence-corrected chi connectivity index (χ2v) is 4.21. The fourth-order valence-corrected chi connectivity index (χ4v) is 2.03. The van der Waals surface area contributed by atoms with Gasteiger partial charge in [0.25, 0.3) is 6.47 Å². The number of esters is 2. The number of aliphatic hydroxyl groups is 2. The monoisotopic (exact) mass is 276 g/mol. The van der Waals surface area contributed by atoms with Crippen LogP contribution < -0.4 is 0 Å². The Morgan fingerprint density at radius 2 is 1.58 bits per heavy atom. The maximum Gasteiger partial charge on any atom is 0.303 e. The molecule has 0 radical (unpaired) electrons. The zero-order valence-electron chi connectivity index (χ0n) is 10.5. The molecule has 8 nitrogen and oxygen atoms in total. The van der Waals surface area contributed by atoms with Crippen LogP contribution in [0.25, 0.3) is 0 Å². The lowest BCUT2D eigenvalue weighted by molar-refractivity contribution is -0.211. The first-order chi connectivity index (χ1) is 8.86. The lowest BCUT2D eigenvalue weighted by atomic mass is 9.87. The van der Waals surface area contributed by atoms with E-state index in [0.717, 1.165) is 13.8 Å². The second-order valence-electron chi connectivity index (χ2n) is 4.21. The van der Waals surface area contributed by atoms with Crippen LogP contribution in [0.5, 0.6) is 0 Å². The average molecular weight is 276 g/mol. The van der Waals surface area contributed by atoms with Crippen molar-refractivity contribution in [1.82, 2.24) is 0 Å². The lowest BCUT2D eigenvalue weighted by Crippen LogP contribution is -2.58. The molecular formula is C11H16O8. The molecular weight excluding hydrogens is 260 g/mol. The zero-order valence-corrected chi connectivity index (χ0v) is 10.5. The molecule has 0 heterocycles. The third-order valence-electron chi connectivity index (χ3n) is 2.75. The minimum atomic E-state index is -1.52. The van der Waals surface area contributed by atoms with Gasteiger partial charge in [-0.15, -0.1) is 0 Å². The number of aliphatic hydroxyl groups excluding tert-OH is 2. The summed E-state index contributed by atoms with van der Waals surface area (Å²) in [4.78, 5) is 32.2. The fourth-order valence-electron chi connectivity index (χ4n) is 2.03. The third-order valence-corrected chi connectivity index (χ3v) is 2.75. The summed E-state index contributed by atoms with van der Waals surface area (Å²) in [6.07, 6.45) is -6.26. The third kappa shape index (κ3) is 3.90. The Kier molecular flexibility index (Phi) is 5.25. The molecule has 0 saturated heterocycles. The molecule has 8 heteroatoms. The average Bonchev–Trinajstić information content (AvgIpc) is 2.29. The maximum absolute atomic E-state index is 11.0. The minimum absolute atomic E-state index is 0.0735. The van der Waals surface area contributed by atoms with Gasteiger partial charge in [-0.1, -0.05) is 0 Å². The van der Waals surface area contributed by atoms with E-state index in [0.29, 0.717) is 0 Å². The largest absolute Gasteiger partial charge is 0.460 e. The van der Waals surface area contributed by atoms with Gasteiger partial charge in [-0.05, 0) is 0 Å². The highest BCUT2D eigenvalue weighted by atomic mass is 16.6. The summed E-state index contributed by atoms with van der Waals surface area (Å²) in [5.41, 5.74) is 0. The smallest absolute Gasteiger partial charge is 0.303 e. The van der Waals surface area contributed by atoms with Gasteiger partial charge >= 0.3 is 11.9 Å². The van der Waals surface area contributed by atoms with Crippen LogP contribution in [-0.2, 0) is 28.6 Å². The molecule has 1 aliphatic carbocycles. The van der Waals surface area contributed by atoms with Gasteiger partial charge in [-0.2, -0.15) is 0 Å². The van der Waals surface area contributed by atoms with Gasteiger partial charge in [0.15, 0.2) is 6.10 Å². The van der Waals surface area contributed by atoms with Crippen LogP contribution in [0.15, 0.2) is 0 Å². The number of rotatable bonds is 4. The second kappa shape index (κ2) is 6.48. The summed E-state index contributed by atoms with van der Waals surface area (Å²) in [7, 11) is 0. The van der Waals surface area contributed by atoms with E-state index in [-0.39, 0.29) is 12.9 Å². The number of hydrogen-bond acceptors (Lipinski definition) is 8. The van der Waals surface area contributed by atoms with Crippen LogP contribution >= 0.6 is 0 Å². The predicted molar refractivity (Wildman–Crippen MR) is 58.7 cm³/mol. The van der Waals surface area contributed by atoms with Gasteiger partial charge < -0.3 is 24.4 Å². The molecule has 0 spiro atoms. The van der Waals surface area contributed by atoms with Crippen molar-refractivity contribution in [1.29, 1.82) is 0 Å². The standard InChI is InChI=1S/C11H16O8/c1-5(13)18-7-3-8(19-6(2)14)11(17-4-12)10(16)9(7)15/h4,7-11,15-16H,3H2,1-2H3/t7-,8+,9+,10+,11+/m0/s1. The van der Waals surface area contributed by atoms with Gasteiger partial charge in [0.1, 0.15) is 24.4 Å². The predicted octanol–water partition coefficient (Wildman–Crippen LogP) is -1.48. The summed E-state index contributed by atoms with van der Waals surface area (Å²) in [6.45, 7) is 2.38. The molecule has 2 N–H and O–H groups in total. The Morgan fingerprint density at radius 3 is 2.05 bits per heavy atom. The van der Waals surface area contributed by atoms with Crippen molar-refractivity contribution in [3.05, 3.63) is 0 Å². The molecule has 0 amide bonds. The highest BCUT2D eigenvalue weighted by Crippen LogP contribution is 2.27. The van der Waals surface area contributed by atoms with Crippen molar-refractivity contribution >= 4 is 18.4 Å². The molecule has 0 bridgehead atoms. The summed E-state index contributed by atoms with van der Waals surface area (Å²) >= 11 is 0. The molecule has 0 aliphatic heterocycles. The molecule has 0 aromatic rings. The van der Waals surface area contributed by atoms with Gasteiger partial charge in [-0.3, -0.25) is 14.4 Å². The van der Waals surface area contributed by atoms with Crippen LogP contribution in [0.3, 0.4) is 0 Å². The molecule has 0 aromatic carbocycles. The first-order valence-corrected chi connectivity index (χ1v) is 5.66. The quantitative estimate of drug-likeness (QED) is 0.362. The van der Waals surface area contributed by atoms with Crippen LogP contribution in [0, 0.1) is 0 Å². The highest BCUT2D eigenvalue weighted by molar-refractivity contribution is 5.67. The van der Waals surface area contributed by atoms with Gasteiger partial charge in [0, 0.05) is 20.3 Å².